The lowest BCUT2D eigenvalue weighted by atomic mass is 10.2. The first-order valence-corrected chi connectivity index (χ1v) is 8.65. The Balaban J connectivity index is 1.88. The molecule has 1 saturated heterocycles. The van der Waals surface area contributed by atoms with Crippen molar-refractivity contribution >= 4 is 17.2 Å². The van der Waals surface area contributed by atoms with Crippen molar-refractivity contribution in [1.29, 1.82) is 0 Å². The van der Waals surface area contributed by atoms with Crippen LogP contribution in [0.25, 0.3) is 0 Å². The van der Waals surface area contributed by atoms with Crippen molar-refractivity contribution in [1.82, 2.24) is 9.55 Å². The zero-order valence-electron chi connectivity index (χ0n) is 15.3. The van der Waals surface area contributed by atoms with E-state index in [1.54, 1.807) is 12.1 Å². The number of aryl methyl sites for hydroxylation is 1. The van der Waals surface area contributed by atoms with E-state index in [4.69, 9.17) is 0 Å². The van der Waals surface area contributed by atoms with Gasteiger partial charge in [-0.15, -0.1) is 0 Å². The molecule has 1 aliphatic rings. The van der Waals surface area contributed by atoms with Crippen LogP contribution in [0.2, 0.25) is 0 Å². The summed E-state index contributed by atoms with van der Waals surface area (Å²) in [6, 6.07) is 5.85. The highest BCUT2D eigenvalue weighted by Crippen LogP contribution is 2.26. The first-order chi connectivity index (χ1) is 13.6. The van der Waals surface area contributed by atoms with Crippen LogP contribution in [0.5, 0.6) is 0 Å². The molecular weight excluding hydrogens is 398 g/mol. The zero-order chi connectivity index (χ0) is 21.3. The molecule has 0 bridgehead atoms. The average Bonchev–Trinajstić information content (AvgIpc) is 2.64. The predicted octanol–water partition coefficient (Wildman–Crippen LogP) is 2.49. The van der Waals surface area contributed by atoms with Crippen molar-refractivity contribution in [3.05, 3.63) is 56.4 Å². The monoisotopic (exact) mass is 415 g/mol. The molecule has 12 heteroatoms. The fourth-order valence-corrected chi connectivity index (χ4v) is 3.21. The van der Waals surface area contributed by atoms with Gasteiger partial charge in [0.25, 0.3) is 0 Å². The lowest BCUT2D eigenvalue weighted by Gasteiger charge is -2.36. The summed E-state index contributed by atoms with van der Waals surface area (Å²) in [6.45, 7) is 0.893. The van der Waals surface area contributed by atoms with Crippen LogP contribution in [0.15, 0.2) is 29.1 Å². The van der Waals surface area contributed by atoms with E-state index in [-0.39, 0.29) is 35.1 Å². The second-order valence-electron chi connectivity index (χ2n) is 6.55. The molecule has 1 aromatic heterocycles. The van der Waals surface area contributed by atoms with Crippen molar-refractivity contribution in [3.8, 4) is 0 Å². The van der Waals surface area contributed by atoms with Crippen LogP contribution in [0.1, 0.15) is 5.82 Å². The number of nitrogens with zero attached hydrogens (tertiary/aromatic N) is 5. The number of alkyl halides is 3. The summed E-state index contributed by atoms with van der Waals surface area (Å²) in [6.07, 6.45) is -4.72. The van der Waals surface area contributed by atoms with Gasteiger partial charge in [0.1, 0.15) is 18.2 Å². The summed E-state index contributed by atoms with van der Waals surface area (Å²) in [5.74, 6) is -0.870. The third-order valence-electron chi connectivity index (χ3n) is 4.61. The Hall–Kier alpha value is -3.18. The van der Waals surface area contributed by atoms with Gasteiger partial charge in [0.2, 0.25) is 5.82 Å². The van der Waals surface area contributed by atoms with E-state index < -0.39 is 28.9 Å². The Labute approximate surface area is 162 Å². The van der Waals surface area contributed by atoms with Crippen LogP contribution in [0, 0.1) is 22.9 Å². The van der Waals surface area contributed by atoms with E-state index in [1.807, 2.05) is 4.90 Å². The van der Waals surface area contributed by atoms with Gasteiger partial charge < -0.3 is 9.80 Å². The van der Waals surface area contributed by atoms with Gasteiger partial charge in [-0.3, -0.25) is 19.5 Å². The van der Waals surface area contributed by atoms with Gasteiger partial charge in [0, 0.05) is 31.9 Å². The second kappa shape index (κ2) is 7.68. The highest BCUT2D eigenvalue weighted by Gasteiger charge is 2.35. The maximum atomic E-state index is 13.1. The standard InChI is InChI=1S/C17H17F4N5O3/c1-11-22-15(14(26(28)29)16(27)25(11)10-17(19,20)21)24-8-6-23(7-9-24)13-4-2-12(18)3-5-13/h2-5H,6-10H2,1H3. The molecule has 0 radical (unpaired) electrons. The van der Waals surface area contributed by atoms with Gasteiger partial charge in [0.05, 0.1) is 4.92 Å². The van der Waals surface area contributed by atoms with Crippen molar-refractivity contribution in [2.45, 2.75) is 19.6 Å². The van der Waals surface area contributed by atoms with Crippen molar-refractivity contribution in [2.75, 3.05) is 36.0 Å². The zero-order valence-corrected chi connectivity index (χ0v) is 15.3. The molecule has 0 saturated carbocycles. The van der Waals surface area contributed by atoms with Gasteiger partial charge in [0.15, 0.2) is 0 Å². The quantitative estimate of drug-likeness (QED) is 0.433. The molecule has 156 valence electrons. The minimum absolute atomic E-state index is 0.241. The number of aromatic nitrogens is 2. The number of nitro groups is 1. The maximum Gasteiger partial charge on any atom is 0.406 e. The molecule has 0 unspecified atom stereocenters. The smallest absolute Gasteiger partial charge is 0.368 e. The first kappa shape index (κ1) is 20.6. The molecular formula is C17H17F4N5O3. The molecule has 0 atom stereocenters. The van der Waals surface area contributed by atoms with Crippen LogP contribution in [-0.4, -0.2) is 46.8 Å². The molecule has 8 nitrogen and oxygen atoms in total. The Morgan fingerprint density at radius 3 is 2.17 bits per heavy atom. The van der Waals surface area contributed by atoms with Gasteiger partial charge in [-0.1, -0.05) is 0 Å². The van der Waals surface area contributed by atoms with Crippen molar-refractivity contribution in [2.24, 2.45) is 0 Å². The molecule has 0 spiro atoms. The molecule has 3 rings (SSSR count). The molecule has 29 heavy (non-hydrogen) atoms. The number of anilines is 2. The lowest BCUT2D eigenvalue weighted by molar-refractivity contribution is -0.386. The second-order valence-corrected chi connectivity index (χ2v) is 6.55. The SMILES string of the molecule is Cc1nc(N2CCN(c3ccc(F)cc3)CC2)c([N+](=O)[O-])c(=O)n1CC(F)(F)F. The number of halogens is 4. The summed E-state index contributed by atoms with van der Waals surface area (Å²) >= 11 is 0. The predicted molar refractivity (Wildman–Crippen MR) is 96.8 cm³/mol. The van der Waals surface area contributed by atoms with Crippen LogP contribution in [0.3, 0.4) is 0 Å². The van der Waals surface area contributed by atoms with Gasteiger partial charge in [-0.05, 0) is 31.2 Å². The largest absolute Gasteiger partial charge is 0.406 e. The van der Waals surface area contributed by atoms with E-state index in [1.165, 1.54) is 24.0 Å². The normalized spacial score (nSPS) is 14.9. The molecule has 1 fully saturated rings. The highest BCUT2D eigenvalue weighted by atomic mass is 19.4. The van der Waals surface area contributed by atoms with Crippen LogP contribution >= 0.6 is 0 Å². The Morgan fingerprint density at radius 2 is 1.66 bits per heavy atom. The minimum atomic E-state index is -4.72. The lowest BCUT2D eigenvalue weighted by Crippen LogP contribution is -2.47. The third-order valence-corrected chi connectivity index (χ3v) is 4.61. The molecule has 2 heterocycles. The van der Waals surface area contributed by atoms with E-state index in [2.05, 4.69) is 4.98 Å². The Bertz CT molecular complexity index is 967. The summed E-state index contributed by atoms with van der Waals surface area (Å²) < 4.78 is 51.5. The Kier molecular flexibility index (Phi) is 5.44. The Morgan fingerprint density at radius 1 is 1.10 bits per heavy atom. The molecule has 1 aromatic carbocycles. The van der Waals surface area contributed by atoms with E-state index in [0.717, 1.165) is 5.69 Å². The molecule has 0 N–H and O–H groups in total. The number of piperazine rings is 1. The summed E-state index contributed by atoms with van der Waals surface area (Å²) in [4.78, 5) is 30.2. The van der Waals surface area contributed by atoms with Gasteiger partial charge in [-0.2, -0.15) is 13.2 Å². The van der Waals surface area contributed by atoms with E-state index in [0.29, 0.717) is 13.1 Å². The fourth-order valence-electron chi connectivity index (χ4n) is 3.21. The van der Waals surface area contributed by atoms with Crippen LogP contribution < -0.4 is 15.4 Å². The summed E-state index contributed by atoms with van der Waals surface area (Å²) in [5.41, 5.74) is -1.55. The molecule has 0 amide bonds. The van der Waals surface area contributed by atoms with E-state index >= 15 is 0 Å². The van der Waals surface area contributed by atoms with Crippen molar-refractivity contribution < 1.29 is 22.5 Å². The maximum absolute atomic E-state index is 13.1. The number of benzene rings is 1. The molecule has 2 aromatic rings. The van der Waals surface area contributed by atoms with Gasteiger partial charge in [-0.25, -0.2) is 9.37 Å². The first-order valence-electron chi connectivity index (χ1n) is 8.65. The number of hydrogen-bond acceptors (Lipinski definition) is 6. The van der Waals surface area contributed by atoms with Crippen LogP contribution in [0.4, 0.5) is 34.8 Å². The van der Waals surface area contributed by atoms with Crippen LogP contribution in [-0.2, 0) is 6.54 Å². The number of rotatable bonds is 4. The minimum Gasteiger partial charge on any atom is -0.368 e. The fraction of sp³-hybridized carbons (Fsp3) is 0.412. The summed E-state index contributed by atoms with van der Waals surface area (Å²) in [5, 5.41) is 11.4. The highest BCUT2D eigenvalue weighted by molar-refractivity contribution is 5.58. The van der Waals surface area contributed by atoms with E-state index in [9.17, 15) is 32.5 Å². The molecule has 0 aliphatic carbocycles. The van der Waals surface area contributed by atoms with Gasteiger partial charge >= 0.3 is 17.4 Å². The topological polar surface area (TPSA) is 84.5 Å². The number of hydrogen-bond donors (Lipinski definition) is 0. The molecule has 1 aliphatic heterocycles. The summed E-state index contributed by atoms with van der Waals surface area (Å²) in [7, 11) is 0. The van der Waals surface area contributed by atoms with Crippen molar-refractivity contribution in [3.63, 3.8) is 0 Å². The third kappa shape index (κ3) is 4.46. The average molecular weight is 415 g/mol.